The summed E-state index contributed by atoms with van der Waals surface area (Å²) in [4.78, 5) is 1.97. The van der Waals surface area contributed by atoms with Crippen LogP contribution < -0.4 is 24.7 Å². The molecule has 7 nitrogen and oxygen atoms in total. The largest absolute Gasteiger partial charge is 0.428 e. The first-order chi connectivity index (χ1) is 22.0. The summed E-state index contributed by atoms with van der Waals surface area (Å²) in [5, 5.41) is 28.9. The van der Waals surface area contributed by atoms with Crippen LogP contribution in [0.1, 0.15) is 12.5 Å². The van der Waals surface area contributed by atoms with Gasteiger partial charge < -0.3 is 18.8 Å². The van der Waals surface area contributed by atoms with Crippen molar-refractivity contribution < 1.29 is 40.2 Å². The Morgan fingerprint density at radius 2 is 1.15 bits per heavy atom. The molecular weight excluding hydrogens is 630 g/mol. The Morgan fingerprint density at radius 1 is 0.696 bits per heavy atom. The number of rotatable bonds is 13. The van der Waals surface area contributed by atoms with E-state index in [0.717, 1.165) is 5.69 Å². The number of benzene rings is 3. The highest BCUT2D eigenvalue weighted by molar-refractivity contribution is 6.96. The Kier molecular flexibility index (Phi) is 12.2. The van der Waals surface area contributed by atoms with Crippen LogP contribution in [0.4, 0.5) is 32.0 Å². The van der Waals surface area contributed by atoms with Gasteiger partial charge >= 0.3 is 24.2 Å². The van der Waals surface area contributed by atoms with E-state index in [1.54, 1.807) is 36.4 Å². The highest BCUT2D eigenvalue weighted by atomic mass is 28.4. The zero-order valence-electron chi connectivity index (χ0n) is 24.3. The van der Waals surface area contributed by atoms with Crippen LogP contribution in [0.5, 0.6) is 11.5 Å². The molecular formula is C32H24F6N4O3Si. The molecule has 0 unspecified atom stereocenters. The van der Waals surface area contributed by atoms with Crippen LogP contribution in [-0.4, -0.2) is 28.0 Å². The van der Waals surface area contributed by atoms with Gasteiger partial charge in [0.15, 0.2) is 0 Å². The van der Waals surface area contributed by atoms with Crippen molar-refractivity contribution in [3.8, 4) is 29.7 Å². The van der Waals surface area contributed by atoms with Gasteiger partial charge in [0.25, 0.3) is 8.32 Å². The molecule has 0 atom stereocenters. The van der Waals surface area contributed by atoms with Crippen molar-refractivity contribution >= 4 is 30.0 Å². The summed E-state index contributed by atoms with van der Waals surface area (Å²) < 4.78 is 92.1. The fourth-order valence-electron chi connectivity index (χ4n) is 4.37. The van der Waals surface area contributed by atoms with Gasteiger partial charge in [-0.15, -0.1) is 0 Å². The van der Waals surface area contributed by atoms with Gasteiger partial charge in [-0.25, -0.2) is 0 Å². The maximum atomic E-state index is 13.3. The average molecular weight is 655 g/mol. The van der Waals surface area contributed by atoms with E-state index in [9.17, 15) is 31.6 Å². The lowest BCUT2D eigenvalue weighted by molar-refractivity contribution is 0.241. The van der Waals surface area contributed by atoms with Gasteiger partial charge in [0.2, 0.25) is 0 Å². The lowest BCUT2D eigenvalue weighted by Gasteiger charge is -2.31. The second kappa shape index (κ2) is 16.0. The maximum Gasteiger partial charge on any atom is 0.344 e. The number of allylic oxidation sites excluding steroid dienone is 2. The minimum Gasteiger partial charge on any atom is -0.428 e. The number of nitrogens with zero attached hydrogens (tertiary/aromatic N) is 4. The molecule has 0 aliphatic carbocycles. The lowest BCUT2D eigenvalue weighted by atomic mass is 10.0. The van der Waals surface area contributed by atoms with Gasteiger partial charge in [-0.1, -0.05) is 36.4 Å². The van der Waals surface area contributed by atoms with E-state index < -0.39 is 32.5 Å². The predicted molar refractivity (Wildman–Crippen MR) is 160 cm³/mol. The highest BCUT2D eigenvalue weighted by Crippen LogP contribution is 2.24. The minimum atomic E-state index is -3.15. The molecule has 0 saturated carbocycles. The molecule has 0 radical (unpaired) electrons. The van der Waals surface area contributed by atoms with Gasteiger partial charge in [0.1, 0.15) is 35.3 Å². The third-order valence-corrected chi connectivity index (χ3v) is 10.4. The number of ether oxygens (including phenoxy) is 2. The fraction of sp³-hybridized carbons (Fsp3) is 0.156. The SMILES string of the molecule is CCN(CCO[Si](C)(c1ccc(OC(F)=C(F)F)cc1)c1ccc(OC(F)=C(F)F)cc1)c1ccc(C(C#N)=C(C#N)C#N)cc1. The van der Waals surface area contributed by atoms with Crippen molar-refractivity contribution in [2.75, 3.05) is 24.6 Å². The molecule has 0 amide bonds. The van der Waals surface area contributed by atoms with Crippen LogP contribution in [0.25, 0.3) is 5.57 Å². The number of hydrogen-bond acceptors (Lipinski definition) is 7. The van der Waals surface area contributed by atoms with Crippen molar-refractivity contribution in [2.24, 2.45) is 0 Å². The third-order valence-electron chi connectivity index (χ3n) is 6.76. The second-order valence-electron chi connectivity index (χ2n) is 9.41. The summed E-state index contributed by atoms with van der Waals surface area (Å²) >= 11 is 0. The van der Waals surface area contributed by atoms with Gasteiger partial charge in [-0.2, -0.15) is 42.1 Å². The van der Waals surface area contributed by atoms with Crippen LogP contribution in [0.3, 0.4) is 0 Å². The fourth-order valence-corrected chi connectivity index (χ4v) is 7.14. The highest BCUT2D eigenvalue weighted by Gasteiger charge is 2.34. The monoisotopic (exact) mass is 654 g/mol. The molecule has 0 N–H and O–H groups in total. The first-order valence-corrected chi connectivity index (χ1v) is 15.8. The van der Waals surface area contributed by atoms with Crippen LogP contribution in [0.15, 0.2) is 103 Å². The van der Waals surface area contributed by atoms with E-state index in [-0.39, 0.29) is 29.3 Å². The molecule has 0 bridgehead atoms. The molecule has 0 fully saturated rings. The first kappa shape index (κ1) is 35.0. The molecule has 14 heteroatoms. The van der Waals surface area contributed by atoms with Crippen LogP contribution in [0.2, 0.25) is 6.55 Å². The molecule has 0 heterocycles. The van der Waals surface area contributed by atoms with E-state index in [4.69, 9.17) is 14.9 Å². The second-order valence-corrected chi connectivity index (χ2v) is 12.9. The van der Waals surface area contributed by atoms with E-state index in [2.05, 4.69) is 9.47 Å². The molecule has 3 aromatic rings. The molecule has 0 spiro atoms. The van der Waals surface area contributed by atoms with Crippen LogP contribution in [-0.2, 0) is 4.43 Å². The van der Waals surface area contributed by atoms with Gasteiger partial charge in [-0.05, 0) is 65.8 Å². The summed E-state index contributed by atoms with van der Waals surface area (Å²) in [6.45, 7) is 4.83. The van der Waals surface area contributed by atoms with Gasteiger partial charge in [0, 0.05) is 18.8 Å². The van der Waals surface area contributed by atoms with Crippen LogP contribution in [0, 0.1) is 34.0 Å². The van der Waals surface area contributed by atoms with Crippen molar-refractivity contribution in [3.63, 3.8) is 0 Å². The van der Waals surface area contributed by atoms with Crippen molar-refractivity contribution in [1.29, 1.82) is 15.8 Å². The average Bonchev–Trinajstić information content (AvgIpc) is 3.06. The van der Waals surface area contributed by atoms with Crippen molar-refractivity contribution in [1.82, 2.24) is 0 Å². The number of hydrogen-bond donors (Lipinski definition) is 0. The Morgan fingerprint density at radius 3 is 1.52 bits per heavy atom. The van der Waals surface area contributed by atoms with Crippen molar-refractivity contribution in [3.05, 3.63) is 108 Å². The Bertz CT molecular complexity index is 1660. The van der Waals surface area contributed by atoms with E-state index in [1.807, 2.05) is 24.4 Å². The minimum absolute atomic E-state index is 0.0419. The van der Waals surface area contributed by atoms with Crippen LogP contribution >= 0.6 is 0 Å². The summed E-state index contributed by atoms with van der Waals surface area (Å²) in [6, 6.07) is 19.3. The normalized spacial score (nSPS) is 10.5. The van der Waals surface area contributed by atoms with E-state index in [0.29, 0.717) is 29.0 Å². The maximum absolute atomic E-state index is 13.3. The topological polar surface area (TPSA) is 102 Å². The standard InChI is InChI=1S/C32H24F6N4O3Si/c1-3-42(23-6-4-21(5-7-23)28(20-41)22(18-39)19-40)16-17-43-46(2,26-12-8-24(9-13-26)44-31(37)29(33)34)27-14-10-25(11-15-27)45-32(38)30(35)36/h4-15H,3,16-17H2,1-2H3. The molecule has 46 heavy (non-hydrogen) atoms. The Hall–Kier alpha value is -5.49. The molecule has 0 aromatic heterocycles. The van der Waals surface area contributed by atoms with E-state index in [1.165, 1.54) is 48.5 Å². The molecule has 3 rings (SSSR count). The number of likely N-dealkylation sites (N-methyl/N-ethyl adjacent to an activating group) is 1. The molecule has 236 valence electrons. The quantitative estimate of drug-likeness (QED) is 0.0841. The number of anilines is 1. The number of nitriles is 3. The molecule has 0 aliphatic rings. The summed E-state index contributed by atoms with van der Waals surface area (Å²) in [5.74, 6) is -0.368. The summed E-state index contributed by atoms with van der Waals surface area (Å²) in [5.41, 5.74) is 0.830. The van der Waals surface area contributed by atoms with Gasteiger partial charge in [-0.3, -0.25) is 0 Å². The predicted octanol–water partition coefficient (Wildman–Crippen LogP) is 7.07. The Labute approximate surface area is 261 Å². The molecule has 0 aliphatic heterocycles. The number of halogens is 6. The summed E-state index contributed by atoms with van der Waals surface area (Å²) in [6.07, 6.45) is -5.22. The van der Waals surface area contributed by atoms with E-state index >= 15 is 0 Å². The smallest absolute Gasteiger partial charge is 0.344 e. The van der Waals surface area contributed by atoms with Crippen molar-refractivity contribution in [2.45, 2.75) is 13.5 Å². The molecule has 0 saturated heterocycles. The van der Waals surface area contributed by atoms with Gasteiger partial charge in [0.05, 0.1) is 12.2 Å². The molecule has 3 aromatic carbocycles. The summed E-state index contributed by atoms with van der Waals surface area (Å²) in [7, 11) is -3.15. The first-order valence-electron chi connectivity index (χ1n) is 13.4. The zero-order valence-corrected chi connectivity index (χ0v) is 25.3. The zero-order chi connectivity index (χ0) is 33.9. The third kappa shape index (κ3) is 8.57. The lowest BCUT2D eigenvalue weighted by Crippen LogP contribution is -2.59. The Balaban J connectivity index is 1.88.